The summed E-state index contributed by atoms with van der Waals surface area (Å²) in [6.07, 6.45) is 3.14. The van der Waals surface area contributed by atoms with E-state index in [1.165, 1.54) is 18.1 Å². The Kier molecular flexibility index (Phi) is 10.9. The monoisotopic (exact) mass is 350 g/mol. The van der Waals surface area contributed by atoms with Crippen LogP contribution >= 0.6 is 0 Å². The van der Waals surface area contributed by atoms with Crippen LogP contribution in [0.1, 0.15) is 44.7 Å². The van der Waals surface area contributed by atoms with Gasteiger partial charge in [-0.25, -0.2) is 4.39 Å². The van der Waals surface area contributed by atoms with E-state index in [9.17, 15) is 4.39 Å². The molecule has 0 heterocycles. The second kappa shape index (κ2) is 12.7. The molecule has 0 fully saturated rings. The minimum absolute atomic E-state index is 0.172. The molecular weight excluding hydrogens is 315 g/mol. The summed E-state index contributed by atoms with van der Waals surface area (Å²) >= 11 is 0. The number of hydrogen-bond acceptors (Lipinski definition) is 2. The third kappa shape index (κ3) is 8.87. The van der Waals surface area contributed by atoms with Gasteiger partial charge in [0.05, 0.1) is 0 Å². The van der Waals surface area contributed by atoms with Crippen molar-refractivity contribution < 1.29 is 4.39 Å². The molecule has 0 spiro atoms. The van der Waals surface area contributed by atoms with Gasteiger partial charge < -0.3 is 15.5 Å². The first kappa shape index (κ1) is 21.4. The fourth-order valence-electron chi connectivity index (χ4n) is 2.78. The number of aryl methyl sites for hydroxylation is 1. The van der Waals surface area contributed by atoms with Gasteiger partial charge in [0.15, 0.2) is 5.96 Å². The van der Waals surface area contributed by atoms with Crippen molar-refractivity contribution in [3.05, 3.63) is 35.1 Å². The highest BCUT2D eigenvalue weighted by Crippen LogP contribution is 2.10. The number of guanidine groups is 1. The second-order valence-corrected chi connectivity index (χ2v) is 6.24. The highest BCUT2D eigenvalue weighted by Gasteiger charge is 2.02. The number of unbranched alkanes of at least 4 members (excludes halogenated alkanes) is 1. The molecule has 25 heavy (non-hydrogen) atoms. The summed E-state index contributed by atoms with van der Waals surface area (Å²) in [5.74, 6) is 0.693. The van der Waals surface area contributed by atoms with Crippen LogP contribution in [0.2, 0.25) is 0 Å². The van der Waals surface area contributed by atoms with Crippen molar-refractivity contribution >= 4 is 5.96 Å². The van der Waals surface area contributed by atoms with E-state index in [-0.39, 0.29) is 5.82 Å². The van der Waals surface area contributed by atoms with E-state index < -0.39 is 0 Å². The van der Waals surface area contributed by atoms with Crippen LogP contribution in [0.3, 0.4) is 0 Å². The maximum Gasteiger partial charge on any atom is 0.191 e. The maximum atomic E-state index is 13.1. The van der Waals surface area contributed by atoms with Crippen LogP contribution in [0, 0.1) is 12.7 Å². The van der Waals surface area contributed by atoms with Gasteiger partial charge in [-0.1, -0.05) is 19.9 Å². The third-order valence-electron chi connectivity index (χ3n) is 4.38. The van der Waals surface area contributed by atoms with Gasteiger partial charge in [0.25, 0.3) is 0 Å². The number of benzene rings is 1. The summed E-state index contributed by atoms with van der Waals surface area (Å²) in [6, 6.07) is 4.98. The van der Waals surface area contributed by atoms with E-state index in [0.29, 0.717) is 0 Å². The first-order valence-electron chi connectivity index (χ1n) is 9.60. The van der Waals surface area contributed by atoms with E-state index in [1.54, 1.807) is 6.07 Å². The molecule has 0 atom stereocenters. The van der Waals surface area contributed by atoms with Crippen molar-refractivity contribution in [3.63, 3.8) is 0 Å². The average Bonchev–Trinajstić information content (AvgIpc) is 2.60. The summed E-state index contributed by atoms with van der Waals surface area (Å²) in [5.41, 5.74) is 2.17. The van der Waals surface area contributed by atoms with Crippen LogP contribution < -0.4 is 10.6 Å². The van der Waals surface area contributed by atoms with Crippen LogP contribution in [0.4, 0.5) is 4.39 Å². The molecule has 0 aromatic heterocycles. The molecule has 142 valence electrons. The van der Waals surface area contributed by atoms with Gasteiger partial charge in [0.1, 0.15) is 5.82 Å². The van der Waals surface area contributed by atoms with Crippen molar-refractivity contribution in [2.45, 2.75) is 47.0 Å². The topological polar surface area (TPSA) is 39.7 Å². The standard InChI is InChI=1S/C20H35FN4/c1-5-22-20(23-13-8-9-15-25(6-2)7-3)24-14-12-18-10-11-19(21)16-17(18)4/h10-11,16H,5-9,12-15H2,1-4H3,(H2,22,23,24). The van der Waals surface area contributed by atoms with Gasteiger partial charge in [0.2, 0.25) is 0 Å². The SMILES string of the molecule is CCNC(=NCCCCN(CC)CC)NCCc1ccc(F)cc1C. The molecular formula is C20H35FN4. The average molecular weight is 351 g/mol. The Balaban J connectivity index is 2.35. The summed E-state index contributed by atoms with van der Waals surface area (Å²) in [6.45, 7) is 14.3. The molecule has 1 aromatic carbocycles. The molecule has 0 bridgehead atoms. The van der Waals surface area contributed by atoms with Crippen LogP contribution in [0.15, 0.2) is 23.2 Å². The van der Waals surface area contributed by atoms with Crippen molar-refractivity contribution in [3.8, 4) is 0 Å². The van der Waals surface area contributed by atoms with Gasteiger partial charge >= 0.3 is 0 Å². The Labute approximate surface area is 152 Å². The zero-order chi connectivity index (χ0) is 18.5. The third-order valence-corrected chi connectivity index (χ3v) is 4.38. The highest BCUT2D eigenvalue weighted by atomic mass is 19.1. The number of nitrogens with zero attached hydrogens (tertiary/aromatic N) is 2. The second-order valence-electron chi connectivity index (χ2n) is 6.24. The molecule has 0 saturated carbocycles. The van der Waals surface area contributed by atoms with Gasteiger partial charge in [-0.15, -0.1) is 0 Å². The van der Waals surface area contributed by atoms with Crippen molar-refractivity contribution in [2.75, 3.05) is 39.3 Å². The smallest absolute Gasteiger partial charge is 0.191 e. The van der Waals surface area contributed by atoms with Crippen molar-refractivity contribution in [1.82, 2.24) is 15.5 Å². The molecule has 0 unspecified atom stereocenters. The van der Waals surface area contributed by atoms with E-state index in [2.05, 4.69) is 41.3 Å². The summed E-state index contributed by atoms with van der Waals surface area (Å²) < 4.78 is 13.1. The molecule has 4 nitrogen and oxygen atoms in total. The predicted octanol–water partition coefficient (Wildman–Crippen LogP) is 3.35. The van der Waals surface area contributed by atoms with E-state index >= 15 is 0 Å². The van der Waals surface area contributed by atoms with Crippen LogP contribution in [-0.4, -0.2) is 50.1 Å². The number of aliphatic imine (C=N–C) groups is 1. The Morgan fingerprint density at radius 1 is 1.12 bits per heavy atom. The molecule has 2 N–H and O–H groups in total. The minimum Gasteiger partial charge on any atom is -0.357 e. The maximum absolute atomic E-state index is 13.1. The van der Waals surface area contributed by atoms with Gasteiger partial charge in [-0.2, -0.15) is 0 Å². The quantitative estimate of drug-likeness (QED) is 0.365. The number of nitrogens with one attached hydrogen (secondary N) is 2. The molecule has 0 radical (unpaired) electrons. The molecule has 0 saturated heterocycles. The lowest BCUT2D eigenvalue weighted by Crippen LogP contribution is -2.38. The van der Waals surface area contributed by atoms with Gasteiger partial charge in [-0.05, 0) is 76.0 Å². The zero-order valence-corrected chi connectivity index (χ0v) is 16.4. The van der Waals surface area contributed by atoms with Crippen molar-refractivity contribution in [2.24, 2.45) is 4.99 Å². The summed E-state index contributed by atoms with van der Waals surface area (Å²) in [5, 5.41) is 6.65. The lowest BCUT2D eigenvalue weighted by atomic mass is 10.1. The predicted molar refractivity (Wildman–Crippen MR) is 106 cm³/mol. The fourth-order valence-corrected chi connectivity index (χ4v) is 2.78. The molecule has 1 aromatic rings. The van der Waals surface area contributed by atoms with Gasteiger partial charge in [-0.3, -0.25) is 4.99 Å². The summed E-state index contributed by atoms with van der Waals surface area (Å²) in [4.78, 5) is 7.09. The Bertz CT molecular complexity index is 512. The van der Waals surface area contributed by atoms with E-state index in [0.717, 1.165) is 63.6 Å². The van der Waals surface area contributed by atoms with E-state index in [1.807, 2.05) is 13.0 Å². The number of halogens is 1. The fraction of sp³-hybridized carbons (Fsp3) is 0.650. The number of rotatable bonds is 11. The van der Waals surface area contributed by atoms with Crippen LogP contribution in [0.5, 0.6) is 0 Å². The molecule has 0 aliphatic heterocycles. The molecule has 5 heteroatoms. The minimum atomic E-state index is -0.172. The first-order chi connectivity index (χ1) is 12.1. The zero-order valence-electron chi connectivity index (χ0n) is 16.4. The van der Waals surface area contributed by atoms with Crippen molar-refractivity contribution in [1.29, 1.82) is 0 Å². The van der Waals surface area contributed by atoms with Gasteiger partial charge in [0, 0.05) is 19.6 Å². The Morgan fingerprint density at radius 2 is 1.88 bits per heavy atom. The summed E-state index contributed by atoms with van der Waals surface area (Å²) in [7, 11) is 0. The largest absolute Gasteiger partial charge is 0.357 e. The first-order valence-corrected chi connectivity index (χ1v) is 9.60. The highest BCUT2D eigenvalue weighted by molar-refractivity contribution is 5.79. The van der Waals surface area contributed by atoms with Crippen LogP contribution in [-0.2, 0) is 6.42 Å². The molecule has 0 amide bonds. The Morgan fingerprint density at radius 3 is 2.52 bits per heavy atom. The molecule has 1 rings (SSSR count). The number of hydrogen-bond donors (Lipinski definition) is 2. The lowest BCUT2D eigenvalue weighted by molar-refractivity contribution is 0.297. The Hall–Kier alpha value is -1.62. The molecule has 0 aliphatic rings. The lowest BCUT2D eigenvalue weighted by Gasteiger charge is -2.17. The molecule has 0 aliphatic carbocycles. The van der Waals surface area contributed by atoms with E-state index in [4.69, 9.17) is 0 Å². The van der Waals surface area contributed by atoms with Crippen LogP contribution in [0.25, 0.3) is 0 Å². The normalized spacial score (nSPS) is 11.8.